The number of amides is 2. The van der Waals surface area contributed by atoms with Crippen molar-refractivity contribution in [3.8, 4) is 11.3 Å². The first-order valence-electron chi connectivity index (χ1n) is 8.87. The van der Waals surface area contributed by atoms with Gasteiger partial charge in [0.1, 0.15) is 17.3 Å². The summed E-state index contributed by atoms with van der Waals surface area (Å²) in [6.45, 7) is 1.79. The number of sulfone groups is 1. The fourth-order valence-electron chi connectivity index (χ4n) is 3.28. The van der Waals surface area contributed by atoms with Gasteiger partial charge in [0.25, 0.3) is 0 Å². The molecule has 1 aromatic heterocycles. The van der Waals surface area contributed by atoms with Crippen molar-refractivity contribution >= 4 is 27.4 Å². The second kappa shape index (κ2) is 7.13. The number of rotatable bonds is 3. The molecule has 0 bridgehead atoms. The Morgan fingerprint density at radius 1 is 1.03 bits per heavy atom. The van der Waals surface area contributed by atoms with Gasteiger partial charge in [-0.3, -0.25) is 0 Å². The number of carbonyl (C=O) groups excluding carboxylic acids is 1. The van der Waals surface area contributed by atoms with Crippen LogP contribution in [0.2, 0.25) is 0 Å². The van der Waals surface area contributed by atoms with Crippen LogP contribution in [0, 0.1) is 18.6 Å². The van der Waals surface area contributed by atoms with Crippen molar-refractivity contribution in [1.82, 2.24) is 15.3 Å². The number of halogens is 2. The molecule has 30 heavy (non-hydrogen) atoms. The highest BCUT2D eigenvalue weighted by Gasteiger charge is 2.35. The van der Waals surface area contributed by atoms with Crippen molar-refractivity contribution in [3.05, 3.63) is 65.2 Å². The molecule has 1 aliphatic rings. The van der Waals surface area contributed by atoms with Crippen LogP contribution in [-0.4, -0.2) is 30.7 Å². The fourth-order valence-corrected chi connectivity index (χ4v) is 3.79. The van der Waals surface area contributed by atoms with Crippen LogP contribution >= 0.6 is 0 Å². The van der Waals surface area contributed by atoms with E-state index in [1.807, 2.05) is 19.1 Å². The molecule has 0 aliphatic carbocycles. The van der Waals surface area contributed by atoms with Gasteiger partial charge in [-0.2, -0.15) is 4.98 Å². The molecule has 10 heteroatoms. The van der Waals surface area contributed by atoms with Crippen molar-refractivity contribution in [2.24, 2.45) is 0 Å². The number of benzene rings is 2. The Morgan fingerprint density at radius 2 is 1.70 bits per heavy atom. The van der Waals surface area contributed by atoms with Crippen LogP contribution in [-0.2, 0) is 16.4 Å². The van der Waals surface area contributed by atoms with Crippen molar-refractivity contribution in [3.63, 3.8) is 0 Å². The zero-order valence-electron chi connectivity index (χ0n) is 16.0. The molecule has 0 radical (unpaired) electrons. The Morgan fingerprint density at radius 3 is 2.33 bits per heavy atom. The first kappa shape index (κ1) is 19.9. The van der Waals surface area contributed by atoms with Crippen LogP contribution in [0.3, 0.4) is 0 Å². The first-order valence-corrected chi connectivity index (χ1v) is 10.8. The molecule has 7 nitrogen and oxygen atoms in total. The van der Waals surface area contributed by atoms with Crippen molar-refractivity contribution in [2.45, 2.75) is 18.6 Å². The highest BCUT2D eigenvalue weighted by Crippen LogP contribution is 2.38. The topological polar surface area (TPSA) is 92.3 Å². The molecule has 0 atom stereocenters. The summed E-state index contributed by atoms with van der Waals surface area (Å²) in [7, 11) is -3.89. The van der Waals surface area contributed by atoms with Gasteiger partial charge in [0.05, 0.1) is 12.2 Å². The molecule has 1 aliphatic heterocycles. The lowest BCUT2D eigenvalue weighted by Gasteiger charge is -2.30. The van der Waals surface area contributed by atoms with Crippen molar-refractivity contribution in [1.29, 1.82) is 0 Å². The van der Waals surface area contributed by atoms with Gasteiger partial charge in [-0.05, 0) is 24.6 Å². The maximum Gasteiger partial charge on any atom is 0.328 e. The number of para-hydroxylation sites is 1. The molecule has 0 spiro atoms. The molecule has 154 valence electrons. The number of hydrogen-bond donors (Lipinski definition) is 1. The Balaban J connectivity index is 2.08. The smallest absolute Gasteiger partial charge is 0.328 e. The molecule has 4 rings (SSSR count). The number of aryl methyl sites for hydroxylation is 1. The third-order valence-corrected chi connectivity index (χ3v) is 5.53. The number of anilines is 2. The average molecular weight is 430 g/mol. The molecule has 0 unspecified atom stereocenters. The quantitative estimate of drug-likeness (QED) is 0.642. The summed E-state index contributed by atoms with van der Waals surface area (Å²) in [6, 6.07) is 9.47. The summed E-state index contributed by atoms with van der Waals surface area (Å²) in [5.41, 5.74) is 1.38. The summed E-state index contributed by atoms with van der Waals surface area (Å²) >= 11 is 0. The van der Waals surface area contributed by atoms with Crippen molar-refractivity contribution < 1.29 is 22.0 Å². The van der Waals surface area contributed by atoms with E-state index in [1.165, 1.54) is 0 Å². The molecule has 3 aromatic rings. The van der Waals surface area contributed by atoms with E-state index < -0.39 is 38.3 Å². The number of carbonyl (C=O) groups is 1. The maximum absolute atomic E-state index is 14.5. The van der Waals surface area contributed by atoms with E-state index in [9.17, 15) is 22.0 Å². The van der Waals surface area contributed by atoms with Crippen LogP contribution in [0.4, 0.5) is 25.1 Å². The van der Waals surface area contributed by atoms with Crippen LogP contribution in [0.25, 0.3) is 11.3 Å². The lowest BCUT2D eigenvalue weighted by atomic mass is 10.0. The van der Waals surface area contributed by atoms with Gasteiger partial charge < -0.3 is 5.32 Å². The van der Waals surface area contributed by atoms with E-state index in [-0.39, 0.29) is 18.1 Å². The molecule has 2 aromatic carbocycles. The largest absolute Gasteiger partial charge is 0.333 e. The first-order chi connectivity index (χ1) is 14.2. The molecule has 0 saturated carbocycles. The molecule has 2 amide bonds. The van der Waals surface area contributed by atoms with E-state index in [0.717, 1.165) is 30.0 Å². The van der Waals surface area contributed by atoms with Gasteiger partial charge >= 0.3 is 6.03 Å². The van der Waals surface area contributed by atoms with Crippen LogP contribution in [0.5, 0.6) is 0 Å². The molecule has 1 N–H and O–H groups in total. The Kier molecular flexibility index (Phi) is 4.73. The summed E-state index contributed by atoms with van der Waals surface area (Å²) in [4.78, 5) is 21.6. The second-order valence-electron chi connectivity index (χ2n) is 6.81. The SMILES string of the molecule is Cc1ccccc1-c1nc(S(C)(=O)=O)nc2c1CNC(=O)N2c1c(F)cccc1F. The van der Waals surface area contributed by atoms with E-state index in [4.69, 9.17) is 0 Å². The van der Waals surface area contributed by atoms with E-state index >= 15 is 0 Å². The number of aromatic nitrogens is 2. The maximum atomic E-state index is 14.5. The lowest BCUT2D eigenvalue weighted by molar-refractivity contribution is 0.246. The van der Waals surface area contributed by atoms with Crippen LogP contribution in [0.1, 0.15) is 11.1 Å². The number of hydrogen-bond acceptors (Lipinski definition) is 5. The number of nitrogens with one attached hydrogen (secondary N) is 1. The molecular weight excluding hydrogens is 414 g/mol. The minimum absolute atomic E-state index is 0.0333. The summed E-state index contributed by atoms with van der Waals surface area (Å²) in [5, 5.41) is 2.01. The van der Waals surface area contributed by atoms with E-state index in [0.29, 0.717) is 16.0 Å². The monoisotopic (exact) mass is 430 g/mol. The van der Waals surface area contributed by atoms with Crippen LogP contribution in [0.15, 0.2) is 47.6 Å². The number of urea groups is 1. The highest BCUT2D eigenvalue weighted by atomic mass is 32.2. The number of nitrogens with zero attached hydrogens (tertiary/aromatic N) is 3. The predicted molar refractivity (Wildman–Crippen MR) is 106 cm³/mol. The van der Waals surface area contributed by atoms with Gasteiger partial charge in [-0.15, -0.1) is 0 Å². The Hall–Kier alpha value is -3.40. The summed E-state index contributed by atoms with van der Waals surface area (Å²) < 4.78 is 53.5. The molecule has 0 saturated heterocycles. The van der Waals surface area contributed by atoms with Gasteiger partial charge in [0.2, 0.25) is 15.0 Å². The summed E-state index contributed by atoms with van der Waals surface area (Å²) in [5.74, 6) is -2.17. The number of fused-ring (bicyclic) bond motifs is 1. The van der Waals surface area contributed by atoms with E-state index in [2.05, 4.69) is 15.3 Å². The van der Waals surface area contributed by atoms with Gasteiger partial charge in [-0.25, -0.2) is 31.9 Å². The zero-order valence-corrected chi connectivity index (χ0v) is 16.8. The minimum atomic E-state index is -3.89. The highest BCUT2D eigenvalue weighted by molar-refractivity contribution is 7.90. The van der Waals surface area contributed by atoms with Crippen LogP contribution < -0.4 is 10.2 Å². The fraction of sp³-hybridized carbons (Fsp3) is 0.150. The average Bonchev–Trinajstić information content (AvgIpc) is 2.68. The van der Waals surface area contributed by atoms with Gasteiger partial charge in [0.15, 0.2) is 5.82 Å². The summed E-state index contributed by atoms with van der Waals surface area (Å²) in [6.07, 6.45) is 0.924. The van der Waals surface area contributed by atoms with Crippen molar-refractivity contribution in [2.75, 3.05) is 11.2 Å². The van der Waals surface area contributed by atoms with E-state index in [1.54, 1.807) is 12.1 Å². The minimum Gasteiger partial charge on any atom is -0.333 e. The second-order valence-corrected chi connectivity index (χ2v) is 8.72. The Labute approximate surface area is 171 Å². The van der Waals surface area contributed by atoms with Gasteiger partial charge in [0, 0.05) is 17.4 Å². The zero-order chi connectivity index (χ0) is 21.6. The predicted octanol–water partition coefficient (Wildman–Crippen LogP) is 3.50. The lowest BCUT2D eigenvalue weighted by Crippen LogP contribution is -2.43. The Bertz CT molecular complexity index is 1270. The normalized spacial score (nSPS) is 13.7. The third kappa shape index (κ3) is 3.28. The molecule has 2 heterocycles. The standard InChI is InChI=1S/C20H16F2N4O3S/c1-11-6-3-4-7-12(11)16-13-10-23-20(27)26(17-14(21)8-5-9-15(17)22)18(13)25-19(24-16)30(2,28)29/h3-9H,10H2,1-2H3,(H,23,27). The third-order valence-electron chi connectivity index (χ3n) is 4.69. The van der Waals surface area contributed by atoms with Gasteiger partial charge in [-0.1, -0.05) is 30.3 Å². The molecular formula is C20H16F2N4O3S. The molecule has 0 fully saturated rings.